The highest BCUT2D eigenvalue weighted by atomic mass is 16.6. The third kappa shape index (κ3) is 12.0. The molecule has 172 valence electrons. The van der Waals surface area contributed by atoms with Gasteiger partial charge in [0.05, 0.1) is 5.60 Å². The summed E-state index contributed by atoms with van der Waals surface area (Å²) in [6.45, 7) is 15.6. The van der Waals surface area contributed by atoms with Crippen LogP contribution < -0.4 is 0 Å². The van der Waals surface area contributed by atoms with Gasteiger partial charge in [-0.05, 0) is 68.7 Å². The molecule has 29 heavy (non-hydrogen) atoms. The van der Waals surface area contributed by atoms with Crippen molar-refractivity contribution in [2.75, 3.05) is 7.11 Å². The van der Waals surface area contributed by atoms with E-state index >= 15 is 0 Å². The average molecular weight is 421 g/mol. The van der Waals surface area contributed by atoms with Crippen LogP contribution in [0, 0.1) is 5.41 Å². The number of ether oxygens (including phenoxy) is 4. The minimum atomic E-state index is -1.65. The molecule has 9 nitrogen and oxygen atoms in total. The van der Waals surface area contributed by atoms with Crippen molar-refractivity contribution in [3.8, 4) is 0 Å². The summed E-state index contributed by atoms with van der Waals surface area (Å²) in [5.41, 5.74) is -2.30. The molecule has 3 N–H and O–H groups in total. The molecule has 0 rings (SSSR count). The van der Waals surface area contributed by atoms with Gasteiger partial charge in [0.1, 0.15) is 17.2 Å². The maximum atomic E-state index is 12.9. The molecule has 0 saturated heterocycles. The van der Waals surface area contributed by atoms with Crippen molar-refractivity contribution in [2.24, 2.45) is 0 Å². The zero-order valence-electron chi connectivity index (χ0n) is 19.5. The number of nitrogens with one attached hydrogen (secondary N) is 1. The fourth-order valence-corrected chi connectivity index (χ4v) is 2.27. The fraction of sp³-hybridized carbons (Fsp3) is 0.900. The monoisotopic (exact) mass is 420 g/mol. The summed E-state index contributed by atoms with van der Waals surface area (Å²) in [6.07, 6.45) is -2.66. The van der Waals surface area contributed by atoms with Crippen LogP contribution in [0.4, 0.5) is 0 Å². The maximum Gasteiger partial charge on any atom is 0.329 e. The molecule has 0 amide bonds. The average Bonchev–Trinajstić information content (AvgIpc) is 2.44. The molecule has 0 heterocycles. The molecule has 0 aliphatic carbocycles. The molecule has 0 aromatic heterocycles. The number of hydrogen-bond acceptors (Lipinski definition) is 8. The van der Waals surface area contributed by atoms with Crippen molar-refractivity contribution in [3.63, 3.8) is 0 Å². The Morgan fingerprint density at radius 2 is 1.38 bits per heavy atom. The van der Waals surface area contributed by atoms with Gasteiger partial charge in [0.2, 0.25) is 6.41 Å². The largest absolute Gasteiger partial charge is 0.459 e. The minimum absolute atomic E-state index is 0.0321. The molecule has 0 bridgehead atoms. The fourth-order valence-electron chi connectivity index (χ4n) is 2.27. The number of rotatable bonds is 8. The Morgan fingerprint density at radius 3 is 1.76 bits per heavy atom. The second kappa shape index (κ2) is 10.6. The molecule has 0 aromatic carbocycles. The summed E-state index contributed by atoms with van der Waals surface area (Å²) in [5, 5.41) is 28.9. The zero-order chi connectivity index (χ0) is 23.2. The molecule has 9 heteroatoms. The second-order valence-corrected chi connectivity index (χ2v) is 9.80. The number of aliphatic hydroxyl groups is 2. The van der Waals surface area contributed by atoms with E-state index in [4.69, 9.17) is 24.4 Å². The van der Waals surface area contributed by atoms with Crippen molar-refractivity contribution < 1.29 is 34.0 Å². The molecule has 0 aromatic rings. The highest BCUT2D eigenvalue weighted by Gasteiger charge is 2.39. The number of carbonyl (C=O) groups is 1. The van der Waals surface area contributed by atoms with Crippen molar-refractivity contribution in [1.29, 1.82) is 5.41 Å². The molecule has 0 saturated carbocycles. The lowest BCUT2D eigenvalue weighted by atomic mass is 10.1. The smallest absolute Gasteiger partial charge is 0.329 e. The van der Waals surface area contributed by atoms with E-state index in [1.807, 2.05) is 0 Å². The summed E-state index contributed by atoms with van der Waals surface area (Å²) < 4.78 is 21.5. The number of aliphatic hydroxyl groups excluding tert-OH is 2. The minimum Gasteiger partial charge on any atom is -0.459 e. The first-order valence-corrected chi connectivity index (χ1v) is 9.72. The topological polar surface area (TPSA) is 122 Å². The Kier molecular flexibility index (Phi) is 10.0. The predicted octanol–water partition coefficient (Wildman–Crippen LogP) is 2.58. The Hall–Kier alpha value is -1.42. The highest BCUT2D eigenvalue weighted by Crippen LogP contribution is 2.23. The summed E-state index contributed by atoms with van der Waals surface area (Å²) in [5.74, 6) is -0.681. The summed E-state index contributed by atoms with van der Waals surface area (Å²) in [4.78, 5) is 14.0. The Labute approximate surface area is 174 Å². The molecular weight excluding hydrogens is 380 g/mol. The first kappa shape index (κ1) is 27.6. The van der Waals surface area contributed by atoms with Crippen molar-refractivity contribution in [2.45, 2.75) is 111 Å². The van der Waals surface area contributed by atoms with Crippen LogP contribution in [-0.4, -0.2) is 69.8 Å². The summed E-state index contributed by atoms with van der Waals surface area (Å²) >= 11 is 0. The second-order valence-electron chi connectivity index (χ2n) is 9.80. The molecule has 0 radical (unpaired) electrons. The van der Waals surface area contributed by atoms with Crippen molar-refractivity contribution in [3.05, 3.63) is 0 Å². The molecule has 0 aliphatic heterocycles. The number of carbonyl (C=O) groups excluding carboxylic acids is 1. The van der Waals surface area contributed by atoms with E-state index in [2.05, 4.69) is 0 Å². The summed E-state index contributed by atoms with van der Waals surface area (Å²) in [6, 6.07) is -1.59. The lowest BCUT2D eigenvalue weighted by Crippen LogP contribution is -2.56. The molecule has 0 fully saturated rings. The van der Waals surface area contributed by atoms with Crippen LogP contribution in [0.15, 0.2) is 0 Å². The first-order valence-electron chi connectivity index (χ1n) is 9.72. The van der Waals surface area contributed by atoms with E-state index in [-0.39, 0.29) is 12.8 Å². The Bertz CT molecular complexity index is 532. The van der Waals surface area contributed by atoms with Gasteiger partial charge in [0.15, 0.2) is 6.29 Å². The Morgan fingerprint density at radius 1 is 0.897 bits per heavy atom. The van der Waals surface area contributed by atoms with Gasteiger partial charge >= 0.3 is 5.97 Å². The van der Waals surface area contributed by atoms with Crippen LogP contribution in [0.2, 0.25) is 0 Å². The van der Waals surface area contributed by atoms with E-state index in [0.717, 1.165) is 4.90 Å². The van der Waals surface area contributed by atoms with Crippen LogP contribution in [0.1, 0.15) is 75.2 Å². The van der Waals surface area contributed by atoms with E-state index in [1.54, 1.807) is 62.3 Å². The number of methoxy groups -OCH3 is 1. The van der Waals surface area contributed by atoms with Crippen LogP contribution >= 0.6 is 0 Å². The molecule has 0 aliphatic rings. The SMILES string of the molecule is COC(O)CC[C@@H](C(=O)OC(C)(C)C)N(C(=N)OC(C)(C)C)C(O)OC(C)(C)C. The lowest BCUT2D eigenvalue weighted by molar-refractivity contribution is -0.238. The van der Waals surface area contributed by atoms with Crippen LogP contribution in [0.5, 0.6) is 0 Å². The van der Waals surface area contributed by atoms with Gasteiger partial charge in [-0.3, -0.25) is 10.3 Å². The number of hydrogen-bond donors (Lipinski definition) is 3. The molecular formula is C20H40N2O7. The van der Waals surface area contributed by atoms with Gasteiger partial charge < -0.3 is 29.2 Å². The molecule has 3 atom stereocenters. The first-order chi connectivity index (χ1) is 12.9. The standard InChI is InChI=1S/C20H40N2O7/c1-18(2,3)27-15(24)13(11-12-14(23)26-10)22(16(21)28-19(4,5)6)17(25)29-20(7,8)9/h13-14,17,21,23,25H,11-12H2,1-10H3/t13-,14?,17?/m0/s1. The zero-order valence-corrected chi connectivity index (χ0v) is 19.5. The number of esters is 1. The molecule has 0 spiro atoms. The maximum absolute atomic E-state index is 12.9. The lowest BCUT2D eigenvalue weighted by Gasteiger charge is -2.39. The van der Waals surface area contributed by atoms with Crippen LogP contribution in [0.25, 0.3) is 0 Å². The van der Waals surface area contributed by atoms with E-state index < -0.39 is 47.5 Å². The Balaban J connectivity index is 5.99. The van der Waals surface area contributed by atoms with E-state index in [9.17, 15) is 15.0 Å². The van der Waals surface area contributed by atoms with Gasteiger partial charge in [0, 0.05) is 13.5 Å². The normalized spacial score (nSPS) is 16.0. The summed E-state index contributed by atoms with van der Waals surface area (Å²) in [7, 11) is 1.34. The van der Waals surface area contributed by atoms with Gasteiger partial charge in [-0.25, -0.2) is 4.79 Å². The third-order valence-electron chi connectivity index (χ3n) is 3.31. The molecule has 2 unspecified atom stereocenters. The van der Waals surface area contributed by atoms with Gasteiger partial charge in [0.25, 0.3) is 6.02 Å². The third-order valence-corrected chi connectivity index (χ3v) is 3.31. The number of amidine groups is 1. The highest BCUT2D eigenvalue weighted by molar-refractivity contribution is 5.82. The van der Waals surface area contributed by atoms with Gasteiger partial charge in [-0.2, -0.15) is 0 Å². The van der Waals surface area contributed by atoms with E-state index in [0.29, 0.717) is 0 Å². The van der Waals surface area contributed by atoms with Crippen LogP contribution in [-0.2, 0) is 23.7 Å². The van der Waals surface area contributed by atoms with Gasteiger partial charge in [-0.15, -0.1) is 0 Å². The van der Waals surface area contributed by atoms with Crippen molar-refractivity contribution in [1.82, 2.24) is 4.90 Å². The van der Waals surface area contributed by atoms with Crippen LogP contribution in [0.3, 0.4) is 0 Å². The van der Waals surface area contributed by atoms with E-state index in [1.165, 1.54) is 7.11 Å². The van der Waals surface area contributed by atoms with Gasteiger partial charge in [-0.1, -0.05) is 0 Å². The number of nitrogens with zero attached hydrogens (tertiary/aromatic N) is 1. The predicted molar refractivity (Wildman–Crippen MR) is 109 cm³/mol. The quantitative estimate of drug-likeness (QED) is 0.237. The van der Waals surface area contributed by atoms with Crippen molar-refractivity contribution >= 4 is 12.0 Å².